The molecule has 5 aliphatic rings. The molecular weight excluding hydrogens is 528 g/mol. The molecule has 0 saturated carbocycles. The summed E-state index contributed by atoms with van der Waals surface area (Å²) in [6.07, 6.45) is 7.89. The maximum atomic E-state index is 14.2. The predicted octanol–water partition coefficient (Wildman–Crippen LogP) is 3.93. The molecule has 0 spiro atoms. The number of aromatic carboxylic acids is 1. The normalized spacial score (nSPS) is 18.1. The Bertz CT molecular complexity index is 2080. The van der Waals surface area contributed by atoms with E-state index in [1.807, 2.05) is 12.1 Å². The summed E-state index contributed by atoms with van der Waals surface area (Å²) in [7, 11) is 0. The Kier molecular flexibility index (Phi) is 5.08. The average Bonchev–Trinajstić information content (AvgIpc) is 3.01. The highest BCUT2D eigenvalue weighted by molar-refractivity contribution is 6.02. The lowest BCUT2D eigenvalue weighted by atomic mass is 9.85. The fourth-order valence-electron chi connectivity index (χ4n) is 8.35. The quantitative estimate of drug-likeness (QED) is 0.261. The molecule has 6 heterocycles. The van der Waals surface area contributed by atoms with Crippen molar-refractivity contribution in [3.63, 3.8) is 0 Å². The van der Waals surface area contributed by atoms with E-state index in [0.29, 0.717) is 28.0 Å². The van der Waals surface area contributed by atoms with Crippen LogP contribution in [0.25, 0.3) is 16.5 Å². The summed E-state index contributed by atoms with van der Waals surface area (Å²) in [4.78, 5) is 29.1. The van der Waals surface area contributed by atoms with Gasteiger partial charge in [0.25, 0.3) is 0 Å². The molecule has 0 saturated heterocycles. The third-order valence-corrected chi connectivity index (χ3v) is 9.97. The van der Waals surface area contributed by atoms with Gasteiger partial charge in [-0.05, 0) is 67.9 Å². The van der Waals surface area contributed by atoms with Gasteiger partial charge in [-0.15, -0.1) is 0 Å². The van der Waals surface area contributed by atoms with Crippen LogP contribution in [0.4, 0.5) is 5.69 Å². The first-order valence-corrected chi connectivity index (χ1v) is 15.3. The van der Waals surface area contributed by atoms with Crippen LogP contribution in [0.5, 0.6) is 11.5 Å². The average molecular weight is 560 g/mol. The van der Waals surface area contributed by atoms with Crippen molar-refractivity contribution in [1.82, 2.24) is 4.58 Å². The molecule has 0 aliphatic carbocycles. The molecule has 0 radical (unpaired) electrons. The Labute approximate surface area is 242 Å². The molecule has 0 atom stereocenters. The molecule has 210 valence electrons. The molecule has 1 N–H and O–H groups in total. The number of ether oxygens (including phenoxy) is 1. The van der Waals surface area contributed by atoms with E-state index in [2.05, 4.69) is 21.6 Å². The van der Waals surface area contributed by atoms with E-state index in [1.165, 1.54) is 27.7 Å². The number of aryl methyl sites for hydroxylation is 3. The van der Waals surface area contributed by atoms with Gasteiger partial charge in [-0.25, -0.2) is 14.2 Å². The number of rotatable bonds is 2. The van der Waals surface area contributed by atoms with Crippen LogP contribution in [0, 0.1) is 0 Å². The fourth-order valence-corrected chi connectivity index (χ4v) is 8.35. The molecule has 42 heavy (non-hydrogen) atoms. The van der Waals surface area contributed by atoms with Crippen molar-refractivity contribution in [2.24, 2.45) is 0 Å². The molecule has 3 aromatic carbocycles. The van der Waals surface area contributed by atoms with E-state index in [9.17, 15) is 14.7 Å². The number of carbonyl (C=O) groups is 1. The highest BCUT2D eigenvalue weighted by Gasteiger charge is 2.36. The van der Waals surface area contributed by atoms with E-state index >= 15 is 0 Å². The number of carboxylic acids is 1. The Morgan fingerprint density at radius 1 is 0.881 bits per heavy atom. The molecule has 0 unspecified atom stereocenters. The first-order chi connectivity index (χ1) is 20.6. The first-order valence-electron chi connectivity index (χ1n) is 15.3. The molecule has 5 aliphatic heterocycles. The SMILES string of the molecule is O=C(O)c1ccccc1C1=c2cc3c4c(c2Oc2c1c(=O)oc1c5c6c(cc21)CCCN6CCC5)CCC[N+]=4CCC3. The smallest absolute Gasteiger partial charge is 0.348 e. The van der Waals surface area contributed by atoms with Crippen LogP contribution in [0.2, 0.25) is 0 Å². The van der Waals surface area contributed by atoms with Gasteiger partial charge in [0.1, 0.15) is 30.0 Å². The van der Waals surface area contributed by atoms with Crippen LogP contribution in [-0.4, -0.2) is 37.3 Å². The van der Waals surface area contributed by atoms with Gasteiger partial charge in [0.05, 0.1) is 16.5 Å². The van der Waals surface area contributed by atoms with Gasteiger partial charge in [0, 0.05) is 53.5 Å². The van der Waals surface area contributed by atoms with Crippen LogP contribution < -0.4 is 30.4 Å². The zero-order chi connectivity index (χ0) is 28.1. The third-order valence-electron chi connectivity index (χ3n) is 9.97. The van der Waals surface area contributed by atoms with Crippen molar-refractivity contribution in [1.29, 1.82) is 0 Å². The van der Waals surface area contributed by atoms with Gasteiger partial charge in [0.15, 0.2) is 5.75 Å². The number of fused-ring (bicyclic) bond motifs is 6. The Hall–Kier alpha value is -4.39. The minimum absolute atomic E-state index is 0.162. The topological polar surface area (TPSA) is 83.0 Å². The Morgan fingerprint density at radius 3 is 2.50 bits per heavy atom. The zero-order valence-electron chi connectivity index (χ0n) is 23.4. The van der Waals surface area contributed by atoms with Gasteiger partial charge >= 0.3 is 11.6 Å². The predicted molar refractivity (Wildman–Crippen MR) is 160 cm³/mol. The largest absolute Gasteiger partial charge is 0.478 e. The second kappa shape index (κ2) is 8.81. The van der Waals surface area contributed by atoms with Gasteiger partial charge in [-0.1, -0.05) is 18.2 Å². The van der Waals surface area contributed by atoms with Crippen molar-refractivity contribution >= 4 is 28.2 Å². The first kappa shape index (κ1) is 24.2. The summed E-state index contributed by atoms with van der Waals surface area (Å²) in [5, 5.41) is 13.1. The van der Waals surface area contributed by atoms with E-state index in [4.69, 9.17) is 9.15 Å². The fraction of sp³-hybridized carbons (Fsp3) is 0.343. The van der Waals surface area contributed by atoms with Crippen LogP contribution in [0.3, 0.4) is 0 Å². The van der Waals surface area contributed by atoms with Crippen molar-refractivity contribution < 1.29 is 19.1 Å². The molecule has 1 aromatic heterocycles. The summed E-state index contributed by atoms with van der Waals surface area (Å²) < 4.78 is 15.7. The maximum absolute atomic E-state index is 14.2. The molecule has 9 rings (SSSR count). The van der Waals surface area contributed by atoms with E-state index < -0.39 is 11.6 Å². The summed E-state index contributed by atoms with van der Waals surface area (Å²) in [6, 6.07) is 11.3. The number of hydrogen-bond donors (Lipinski definition) is 1. The van der Waals surface area contributed by atoms with Crippen LogP contribution >= 0.6 is 0 Å². The summed E-state index contributed by atoms with van der Waals surface area (Å²) in [5.41, 5.74) is 7.80. The monoisotopic (exact) mass is 559 g/mol. The van der Waals surface area contributed by atoms with E-state index in [1.54, 1.807) is 12.1 Å². The van der Waals surface area contributed by atoms with Gasteiger partial charge < -0.3 is 19.2 Å². The summed E-state index contributed by atoms with van der Waals surface area (Å²) >= 11 is 0. The number of benzene rings is 3. The van der Waals surface area contributed by atoms with Crippen LogP contribution in [0.15, 0.2) is 45.6 Å². The maximum Gasteiger partial charge on any atom is 0.348 e. The van der Waals surface area contributed by atoms with Crippen molar-refractivity contribution in [2.45, 2.75) is 51.4 Å². The van der Waals surface area contributed by atoms with Crippen molar-refractivity contribution in [3.05, 3.63) is 96.3 Å². The lowest BCUT2D eigenvalue weighted by Crippen LogP contribution is -2.45. The standard InChI is InChI=1S/C35H30N2O5/c38-34(39)22-10-2-1-9-21(22)27-25-17-19-7-3-13-36-15-5-11-23(29(19)36)31(25)41-33-26-18-20-8-4-14-37-16-6-12-24(30(20)37)32(26)42-35(40)28(27)33/h1-2,9-10,17-18H,3-8,11-16H2/p+1. The number of hydrogen-bond acceptors (Lipinski definition) is 5. The zero-order valence-corrected chi connectivity index (χ0v) is 23.4. The van der Waals surface area contributed by atoms with E-state index in [-0.39, 0.29) is 5.56 Å². The van der Waals surface area contributed by atoms with Crippen molar-refractivity contribution in [2.75, 3.05) is 31.1 Å². The molecule has 0 fully saturated rings. The summed E-state index contributed by atoms with van der Waals surface area (Å²) in [5.74, 6) is 0.250. The molecule has 7 nitrogen and oxygen atoms in total. The lowest BCUT2D eigenvalue weighted by molar-refractivity contribution is 0.0696. The van der Waals surface area contributed by atoms with E-state index in [0.717, 1.165) is 99.5 Å². The Morgan fingerprint density at radius 2 is 1.64 bits per heavy atom. The van der Waals surface area contributed by atoms with Crippen LogP contribution in [0.1, 0.15) is 69.4 Å². The lowest BCUT2D eigenvalue weighted by Gasteiger charge is -2.37. The Balaban J connectivity index is 1.46. The highest BCUT2D eigenvalue weighted by Crippen LogP contribution is 2.46. The highest BCUT2D eigenvalue weighted by atomic mass is 16.5. The third kappa shape index (κ3) is 3.25. The molecule has 7 heteroatoms. The number of nitrogens with zero attached hydrogens (tertiary/aromatic N) is 2. The minimum atomic E-state index is -1.03. The molecule has 0 bridgehead atoms. The summed E-state index contributed by atoms with van der Waals surface area (Å²) in [6.45, 7) is 4.12. The number of carboxylic acid groups (broad SMARTS) is 1. The molecular formula is C35H31N2O5+. The molecule has 4 aromatic rings. The second-order valence-corrected chi connectivity index (χ2v) is 12.3. The minimum Gasteiger partial charge on any atom is -0.478 e. The molecule has 0 amide bonds. The number of anilines is 1. The second-order valence-electron chi connectivity index (χ2n) is 12.3. The van der Waals surface area contributed by atoms with Crippen LogP contribution in [-0.2, 0) is 25.7 Å². The van der Waals surface area contributed by atoms with Gasteiger partial charge in [-0.2, -0.15) is 0 Å². The van der Waals surface area contributed by atoms with Gasteiger partial charge in [0.2, 0.25) is 5.36 Å². The van der Waals surface area contributed by atoms with Crippen molar-refractivity contribution in [3.8, 4) is 11.5 Å². The van der Waals surface area contributed by atoms with Gasteiger partial charge in [-0.3, -0.25) is 0 Å².